The van der Waals surface area contributed by atoms with Gasteiger partial charge in [-0.25, -0.2) is 15.0 Å². The number of hydrogen-bond acceptors (Lipinski definition) is 11. The highest BCUT2D eigenvalue weighted by Crippen LogP contribution is 2.55. The molecule has 8 fully saturated rings. The van der Waals surface area contributed by atoms with Crippen molar-refractivity contribution in [2.24, 2.45) is 23.7 Å². The Morgan fingerprint density at radius 3 is 2.25 bits per heavy atom. The summed E-state index contributed by atoms with van der Waals surface area (Å²) in [4.78, 5) is 93.2. The summed E-state index contributed by atoms with van der Waals surface area (Å²) >= 11 is 0. The quantitative estimate of drug-likeness (QED) is 0.179. The van der Waals surface area contributed by atoms with Crippen LogP contribution in [0.4, 0.5) is 17.3 Å². The van der Waals surface area contributed by atoms with Gasteiger partial charge in [0.15, 0.2) is 5.82 Å². The fraction of sp³-hybridized carbons (Fsp3) is 0.600. The molecule has 3 aromatic heterocycles. The third-order valence-corrected chi connectivity index (χ3v) is 18.4. The average Bonchev–Trinajstić information content (AvgIpc) is 4.19. The van der Waals surface area contributed by atoms with Gasteiger partial charge < -0.3 is 34.4 Å². The lowest BCUT2D eigenvalue weighted by molar-refractivity contribution is -0.140. The number of fused-ring (bicyclic) bond motifs is 4. The number of nitrogens with zero attached hydrogens (tertiary/aromatic N) is 9. The maximum atomic E-state index is 15.2. The monoisotopic (exact) mass is 962 g/mol. The van der Waals surface area contributed by atoms with Crippen molar-refractivity contribution in [3.05, 3.63) is 60.0 Å². The molecule has 16 heteroatoms. The molecule has 71 heavy (non-hydrogen) atoms. The van der Waals surface area contributed by atoms with Gasteiger partial charge in [-0.2, -0.15) is 0 Å². The minimum atomic E-state index is -0.666. The van der Waals surface area contributed by atoms with Gasteiger partial charge in [0.1, 0.15) is 11.3 Å². The zero-order valence-electron chi connectivity index (χ0n) is 41.2. The van der Waals surface area contributed by atoms with Gasteiger partial charge in [-0.15, -0.1) is 0 Å². The van der Waals surface area contributed by atoms with Gasteiger partial charge >= 0.3 is 0 Å². The summed E-state index contributed by atoms with van der Waals surface area (Å²) in [6.07, 6.45) is 15.3. The molecular formula is C55H67N11O5. The molecule has 0 bridgehead atoms. The second-order valence-electron chi connectivity index (χ2n) is 22.9. The van der Waals surface area contributed by atoms with Crippen LogP contribution < -0.4 is 20.4 Å². The lowest BCUT2D eigenvalue weighted by atomic mass is 9.73. The van der Waals surface area contributed by atoms with Gasteiger partial charge in [0.05, 0.1) is 28.9 Å². The number of pyridine rings is 2. The maximum Gasteiger partial charge on any atom is 0.238 e. The number of imide groups is 1. The summed E-state index contributed by atoms with van der Waals surface area (Å²) < 4.78 is 2.20. The van der Waals surface area contributed by atoms with Gasteiger partial charge in [0, 0.05) is 99.1 Å². The first-order chi connectivity index (χ1) is 34.5. The number of anilines is 3. The van der Waals surface area contributed by atoms with E-state index in [2.05, 4.69) is 73.0 Å². The number of hydrogen-bond donors (Lipinski definition) is 2. The van der Waals surface area contributed by atoms with Crippen molar-refractivity contribution in [2.75, 3.05) is 67.5 Å². The van der Waals surface area contributed by atoms with Crippen molar-refractivity contribution in [2.45, 2.75) is 133 Å². The van der Waals surface area contributed by atoms with Crippen LogP contribution in [0.2, 0.25) is 0 Å². The van der Waals surface area contributed by atoms with E-state index in [0.29, 0.717) is 63.9 Å². The smallest absolute Gasteiger partial charge is 0.238 e. The van der Waals surface area contributed by atoms with Gasteiger partial charge in [0.25, 0.3) is 0 Å². The summed E-state index contributed by atoms with van der Waals surface area (Å²) in [5, 5.41) is 6.13. The van der Waals surface area contributed by atoms with E-state index in [1.165, 1.54) is 19.3 Å². The first-order valence-corrected chi connectivity index (χ1v) is 27.0. The van der Waals surface area contributed by atoms with Crippen molar-refractivity contribution >= 4 is 57.9 Å². The predicted molar refractivity (Wildman–Crippen MR) is 269 cm³/mol. The summed E-state index contributed by atoms with van der Waals surface area (Å²) in [5.74, 6) is 1.78. The Hall–Kier alpha value is -5.90. The van der Waals surface area contributed by atoms with Crippen LogP contribution in [0, 0.1) is 23.7 Å². The van der Waals surface area contributed by atoms with E-state index >= 15 is 4.79 Å². The summed E-state index contributed by atoms with van der Waals surface area (Å²) in [6, 6.07) is 13.9. The van der Waals surface area contributed by atoms with E-state index in [0.717, 1.165) is 115 Å². The zero-order chi connectivity index (χ0) is 48.3. The van der Waals surface area contributed by atoms with Crippen molar-refractivity contribution < 1.29 is 24.0 Å². The molecule has 0 radical (unpaired) electrons. The predicted octanol–water partition coefficient (Wildman–Crippen LogP) is 6.01. The van der Waals surface area contributed by atoms with Gasteiger partial charge in [-0.1, -0.05) is 24.6 Å². The first-order valence-electron chi connectivity index (χ1n) is 27.0. The van der Waals surface area contributed by atoms with Gasteiger partial charge in [0.2, 0.25) is 29.5 Å². The number of benzene rings is 1. The number of carbonyl (C=O) groups excluding carboxylic acids is 5. The van der Waals surface area contributed by atoms with Crippen molar-refractivity contribution in [1.82, 2.24) is 39.5 Å². The number of nitrogens with one attached hydrogen (secondary N) is 2. The van der Waals surface area contributed by atoms with Crippen LogP contribution in [0.25, 0.3) is 22.3 Å². The lowest BCUT2D eigenvalue weighted by Gasteiger charge is -2.48. The lowest BCUT2D eigenvalue weighted by Crippen LogP contribution is -2.58. The van der Waals surface area contributed by atoms with Crippen LogP contribution in [0.5, 0.6) is 0 Å². The van der Waals surface area contributed by atoms with Crippen LogP contribution in [0.1, 0.15) is 120 Å². The average molecular weight is 962 g/mol. The van der Waals surface area contributed by atoms with Gasteiger partial charge in [-0.3, -0.25) is 29.3 Å². The molecule has 16 nitrogen and oxygen atoms in total. The third kappa shape index (κ3) is 7.79. The molecule has 1 spiro atoms. The molecule has 5 amide bonds. The second-order valence-corrected chi connectivity index (χ2v) is 22.9. The molecule has 3 aliphatic carbocycles. The third-order valence-electron chi connectivity index (χ3n) is 18.4. The van der Waals surface area contributed by atoms with E-state index < -0.39 is 5.41 Å². The van der Waals surface area contributed by atoms with Crippen LogP contribution in [0.3, 0.4) is 0 Å². The Morgan fingerprint density at radius 1 is 0.803 bits per heavy atom. The highest BCUT2D eigenvalue weighted by Gasteiger charge is 2.62. The fourth-order valence-electron chi connectivity index (χ4n) is 13.9. The normalized spacial score (nSPS) is 28.6. The number of likely N-dealkylation sites (tertiary alicyclic amines) is 3. The standard InChI is InChI=1S/C55H67N11O5/c1-32(2)65-31-57-44-27-43(59-50(49(44)65)58-36-8-9-36)34-6-11-42-45(24-34)66(38-25-37(26-38)61-18-4-3-5-19-61)54(71)55(42)16-22-63(23-17-55)53(70)48-40-29-64(30-41(40)48)52(69)33-14-20-62(21-15-33)46-12-7-35(28-56-46)39-10-13-47(67)60-51(39)68/h6-7,11-12,24,27-28,31-33,36-41,48H,3-5,8-10,13-23,25-26,29-30H2,1-2H3,(H,58,59)(H,60,67,68)/t37?,38?,39?,40-,41+,48?. The Balaban J connectivity index is 0.663. The maximum absolute atomic E-state index is 15.2. The van der Waals surface area contributed by atoms with E-state index in [9.17, 15) is 19.2 Å². The molecule has 372 valence electrons. The van der Waals surface area contributed by atoms with E-state index in [4.69, 9.17) is 9.97 Å². The minimum absolute atomic E-state index is 0.0479. The Labute approximate surface area is 415 Å². The minimum Gasteiger partial charge on any atom is -0.366 e. The number of amides is 5. The van der Waals surface area contributed by atoms with Crippen LogP contribution >= 0.6 is 0 Å². The molecular weight excluding hydrogens is 895 g/mol. The molecule has 1 aromatic carbocycles. The number of piperidine rings is 5. The highest BCUT2D eigenvalue weighted by molar-refractivity contribution is 6.09. The van der Waals surface area contributed by atoms with Gasteiger partial charge in [-0.05, 0) is 139 Å². The number of aromatic nitrogens is 4. The van der Waals surface area contributed by atoms with E-state index in [1.54, 1.807) is 6.20 Å². The Kier molecular flexibility index (Phi) is 11.0. The second kappa shape index (κ2) is 17.4. The largest absolute Gasteiger partial charge is 0.366 e. The molecule has 4 atom stereocenters. The molecule has 6 aliphatic heterocycles. The SMILES string of the molecule is CC(C)n1cnc2cc(-c3ccc4c(c3)N(C3CC(N5CCCCC5)C3)C(=O)C43CCN(C(=O)C4[C@H]5CN(C(=O)C6CCN(c7ccc(C8CCC(=O)NC8=O)cn7)CC6)C[C@@H]45)CC3)nc(NC3CC3)c21. The summed E-state index contributed by atoms with van der Waals surface area (Å²) in [5.41, 5.74) is 6.07. The van der Waals surface area contributed by atoms with Crippen molar-refractivity contribution in [3.63, 3.8) is 0 Å². The van der Waals surface area contributed by atoms with Crippen LogP contribution in [0.15, 0.2) is 48.9 Å². The molecule has 3 saturated carbocycles. The molecule has 2 unspecified atom stereocenters. The Morgan fingerprint density at radius 2 is 1.56 bits per heavy atom. The molecule has 2 N–H and O–H groups in total. The summed E-state index contributed by atoms with van der Waals surface area (Å²) in [6.45, 7) is 10.5. The summed E-state index contributed by atoms with van der Waals surface area (Å²) in [7, 11) is 0. The van der Waals surface area contributed by atoms with Crippen LogP contribution in [-0.4, -0.2) is 134 Å². The molecule has 9 aliphatic rings. The number of imidazole rings is 1. The number of rotatable bonds is 10. The molecule has 9 heterocycles. The fourth-order valence-corrected chi connectivity index (χ4v) is 13.9. The van der Waals surface area contributed by atoms with Crippen molar-refractivity contribution in [1.29, 1.82) is 0 Å². The topological polar surface area (TPSA) is 169 Å². The molecule has 5 saturated heterocycles. The molecule has 4 aromatic rings. The Bertz CT molecular complexity index is 2780. The zero-order valence-corrected chi connectivity index (χ0v) is 41.2. The van der Waals surface area contributed by atoms with Crippen molar-refractivity contribution in [3.8, 4) is 11.3 Å². The van der Waals surface area contributed by atoms with Crippen LogP contribution in [-0.2, 0) is 29.4 Å². The van der Waals surface area contributed by atoms with E-state index in [-0.39, 0.29) is 71.2 Å². The van der Waals surface area contributed by atoms with E-state index in [1.807, 2.05) is 28.3 Å². The first kappa shape index (κ1) is 45.0. The molecule has 13 rings (SSSR count). The highest BCUT2D eigenvalue weighted by atomic mass is 16.2. The number of carbonyl (C=O) groups is 5.